The van der Waals surface area contributed by atoms with E-state index in [1.54, 1.807) is 12.1 Å². The molecule has 2 fully saturated rings. The fourth-order valence-electron chi connectivity index (χ4n) is 5.82. The zero-order valence-electron chi connectivity index (χ0n) is 23.9. The summed E-state index contributed by atoms with van der Waals surface area (Å²) in [5, 5.41) is 11.6. The molecule has 0 bridgehead atoms. The van der Waals surface area contributed by atoms with E-state index >= 15 is 0 Å². The maximum Gasteiger partial charge on any atom is 0.261 e. The van der Waals surface area contributed by atoms with Gasteiger partial charge < -0.3 is 19.9 Å². The van der Waals surface area contributed by atoms with Gasteiger partial charge in [-0.3, -0.25) is 9.69 Å². The number of nitrogens with zero attached hydrogens (tertiary/aromatic N) is 1. The first-order valence-corrected chi connectivity index (χ1v) is 14.5. The number of aliphatic hydroxyl groups is 1. The van der Waals surface area contributed by atoms with E-state index in [2.05, 4.69) is 16.8 Å². The van der Waals surface area contributed by atoms with E-state index in [1.807, 2.05) is 30.3 Å². The Morgan fingerprint density at radius 3 is 2.07 bits per heavy atom. The SMILES string of the molecule is C=CCN(C[C@@H]1C[C@H](c2ccc(CO)cc2)O[C@H](c2ccc(NC(=O)c3c(F)c(F)c(F)c(F)c3F)cc2)O1)C1CCCC1. The van der Waals surface area contributed by atoms with Crippen LogP contribution in [0.4, 0.5) is 27.6 Å². The van der Waals surface area contributed by atoms with Gasteiger partial charge >= 0.3 is 0 Å². The minimum Gasteiger partial charge on any atom is -0.392 e. The van der Waals surface area contributed by atoms with Gasteiger partial charge in [-0.2, -0.15) is 0 Å². The molecule has 1 saturated heterocycles. The normalized spacial score (nSPS) is 20.7. The van der Waals surface area contributed by atoms with Crippen LogP contribution in [0.25, 0.3) is 0 Å². The Morgan fingerprint density at radius 1 is 0.886 bits per heavy atom. The van der Waals surface area contributed by atoms with Gasteiger partial charge in [-0.1, -0.05) is 55.3 Å². The molecule has 5 rings (SSSR count). The molecule has 0 radical (unpaired) electrons. The highest BCUT2D eigenvalue weighted by atomic mass is 19.2. The summed E-state index contributed by atoms with van der Waals surface area (Å²) in [4.78, 5) is 14.9. The van der Waals surface area contributed by atoms with E-state index in [9.17, 15) is 31.9 Å². The van der Waals surface area contributed by atoms with Crippen LogP contribution in [0.1, 0.15) is 71.5 Å². The third-order valence-corrected chi connectivity index (χ3v) is 8.14. The van der Waals surface area contributed by atoms with Crippen molar-refractivity contribution < 1.29 is 41.3 Å². The Kier molecular flexibility index (Phi) is 10.1. The molecule has 1 aliphatic carbocycles. The number of anilines is 1. The number of ether oxygens (including phenoxy) is 2. The Morgan fingerprint density at radius 2 is 1.48 bits per heavy atom. The van der Waals surface area contributed by atoms with E-state index < -0.39 is 46.8 Å². The van der Waals surface area contributed by atoms with Gasteiger partial charge in [0.25, 0.3) is 5.91 Å². The second-order valence-electron chi connectivity index (χ2n) is 11.1. The fourth-order valence-corrected chi connectivity index (χ4v) is 5.82. The number of hydrogen-bond donors (Lipinski definition) is 2. The molecule has 2 aliphatic rings. The number of amides is 1. The summed E-state index contributed by atoms with van der Waals surface area (Å²) in [6.07, 6.45) is 5.75. The number of rotatable bonds is 10. The Labute approximate surface area is 252 Å². The first-order valence-electron chi connectivity index (χ1n) is 14.5. The van der Waals surface area contributed by atoms with Crippen molar-refractivity contribution in [2.45, 2.75) is 63.3 Å². The van der Waals surface area contributed by atoms with Gasteiger partial charge in [0.15, 0.2) is 29.6 Å². The molecule has 3 atom stereocenters. The van der Waals surface area contributed by atoms with E-state index in [0.717, 1.165) is 30.5 Å². The van der Waals surface area contributed by atoms with Crippen LogP contribution in [0.15, 0.2) is 61.2 Å². The predicted octanol–water partition coefficient (Wildman–Crippen LogP) is 7.10. The van der Waals surface area contributed by atoms with E-state index in [-0.39, 0.29) is 24.5 Å². The summed E-state index contributed by atoms with van der Waals surface area (Å²) in [7, 11) is 0. The largest absolute Gasteiger partial charge is 0.392 e. The number of benzene rings is 3. The number of nitrogens with one attached hydrogen (secondary N) is 1. The third-order valence-electron chi connectivity index (χ3n) is 8.14. The standard InChI is InChI=1S/C33H33F5N2O4/c1-2-15-40(23-5-3-4-6-23)17-24-16-25(20-9-7-19(18-41)8-10-20)44-33(43-24)21-11-13-22(14-12-21)39-32(42)26-27(34)29(36)31(38)30(37)28(26)35/h2,7-14,23-25,33,41H,1,3-6,15-18H2,(H,39,42)/t24-,25+,33+/m0/s1. The van der Waals surface area contributed by atoms with Crippen molar-refractivity contribution in [3.05, 3.63) is 113 Å². The van der Waals surface area contributed by atoms with Crippen LogP contribution in [0.2, 0.25) is 0 Å². The van der Waals surface area contributed by atoms with Gasteiger partial charge in [-0.05, 0) is 36.1 Å². The lowest BCUT2D eigenvalue weighted by atomic mass is 9.99. The summed E-state index contributed by atoms with van der Waals surface area (Å²) < 4.78 is 81.6. The molecule has 0 aromatic heterocycles. The first kappa shape index (κ1) is 31.8. The average molecular weight is 617 g/mol. The molecule has 1 amide bonds. The van der Waals surface area contributed by atoms with Crippen LogP contribution in [-0.4, -0.2) is 41.1 Å². The summed E-state index contributed by atoms with van der Waals surface area (Å²) in [5.74, 6) is -12.7. The molecule has 1 aliphatic heterocycles. The van der Waals surface area contributed by atoms with Gasteiger partial charge in [0.05, 0.1) is 18.8 Å². The first-order chi connectivity index (χ1) is 21.2. The second-order valence-corrected chi connectivity index (χ2v) is 11.1. The fraction of sp³-hybridized carbons (Fsp3) is 0.364. The van der Waals surface area contributed by atoms with E-state index in [4.69, 9.17) is 9.47 Å². The minimum atomic E-state index is -2.34. The van der Waals surface area contributed by atoms with Gasteiger partial charge in [-0.15, -0.1) is 6.58 Å². The van der Waals surface area contributed by atoms with Crippen LogP contribution in [0.5, 0.6) is 0 Å². The Hall–Kier alpha value is -3.64. The van der Waals surface area contributed by atoms with Gasteiger partial charge in [0.1, 0.15) is 5.56 Å². The second kappa shape index (κ2) is 14.0. The zero-order chi connectivity index (χ0) is 31.4. The Bertz CT molecular complexity index is 1450. The summed E-state index contributed by atoms with van der Waals surface area (Å²) in [5.41, 5.74) is 0.773. The molecule has 1 heterocycles. The Balaban J connectivity index is 1.35. The third kappa shape index (κ3) is 6.86. The number of halogens is 5. The average Bonchev–Trinajstić information content (AvgIpc) is 3.58. The highest BCUT2D eigenvalue weighted by Gasteiger charge is 2.35. The molecule has 11 heteroatoms. The molecule has 44 heavy (non-hydrogen) atoms. The maximum atomic E-state index is 14.1. The quantitative estimate of drug-likeness (QED) is 0.110. The van der Waals surface area contributed by atoms with Crippen LogP contribution < -0.4 is 5.32 Å². The summed E-state index contributed by atoms with van der Waals surface area (Å²) >= 11 is 0. The van der Waals surface area contributed by atoms with Crippen LogP contribution in [0, 0.1) is 29.1 Å². The van der Waals surface area contributed by atoms with Crippen molar-refractivity contribution in [1.82, 2.24) is 4.90 Å². The number of hydrogen-bond acceptors (Lipinski definition) is 5. The lowest BCUT2D eigenvalue weighted by Gasteiger charge is -2.39. The van der Waals surface area contributed by atoms with Gasteiger partial charge in [0, 0.05) is 36.8 Å². The minimum absolute atomic E-state index is 0.0598. The smallest absolute Gasteiger partial charge is 0.261 e. The molecule has 0 spiro atoms. The van der Waals surface area contributed by atoms with Crippen LogP contribution >= 0.6 is 0 Å². The predicted molar refractivity (Wildman–Crippen MR) is 153 cm³/mol. The van der Waals surface area contributed by atoms with E-state index in [0.29, 0.717) is 24.6 Å². The van der Waals surface area contributed by atoms with Crippen molar-refractivity contribution in [2.24, 2.45) is 0 Å². The molecular weight excluding hydrogens is 583 g/mol. The molecule has 3 aromatic carbocycles. The van der Waals surface area contributed by atoms with Gasteiger partial charge in [0.2, 0.25) is 5.82 Å². The van der Waals surface area contributed by atoms with Crippen molar-refractivity contribution in [3.63, 3.8) is 0 Å². The van der Waals surface area contributed by atoms with Crippen LogP contribution in [-0.2, 0) is 16.1 Å². The van der Waals surface area contributed by atoms with Crippen molar-refractivity contribution in [3.8, 4) is 0 Å². The molecule has 234 valence electrons. The maximum absolute atomic E-state index is 14.1. The summed E-state index contributed by atoms with van der Waals surface area (Å²) in [6, 6.07) is 14.0. The van der Waals surface area contributed by atoms with Crippen molar-refractivity contribution in [1.29, 1.82) is 0 Å². The number of carbonyl (C=O) groups is 1. The topological polar surface area (TPSA) is 71.0 Å². The lowest BCUT2D eigenvalue weighted by molar-refractivity contribution is -0.253. The zero-order valence-corrected chi connectivity index (χ0v) is 23.9. The molecular formula is C33H33F5N2O4. The van der Waals surface area contributed by atoms with Crippen molar-refractivity contribution in [2.75, 3.05) is 18.4 Å². The highest BCUT2D eigenvalue weighted by Crippen LogP contribution is 2.39. The number of aliphatic hydroxyl groups excluding tert-OH is 1. The highest BCUT2D eigenvalue weighted by molar-refractivity contribution is 6.04. The van der Waals surface area contributed by atoms with E-state index in [1.165, 1.54) is 25.0 Å². The number of carbonyl (C=O) groups excluding carboxylic acids is 1. The molecule has 6 nitrogen and oxygen atoms in total. The van der Waals surface area contributed by atoms with Crippen LogP contribution in [0.3, 0.4) is 0 Å². The monoisotopic (exact) mass is 616 g/mol. The molecule has 1 saturated carbocycles. The summed E-state index contributed by atoms with van der Waals surface area (Å²) in [6.45, 7) is 5.24. The van der Waals surface area contributed by atoms with Gasteiger partial charge in [-0.25, -0.2) is 22.0 Å². The van der Waals surface area contributed by atoms with Crippen molar-refractivity contribution >= 4 is 11.6 Å². The molecule has 2 N–H and O–H groups in total. The molecule has 0 unspecified atom stereocenters. The molecule has 3 aromatic rings. The lowest BCUT2D eigenvalue weighted by Crippen LogP contribution is -2.43.